The van der Waals surface area contributed by atoms with Gasteiger partial charge in [0.15, 0.2) is 0 Å². The number of ether oxygens (including phenoxy) is 1. The first kappa shape index (κ1) is 11.0. The van der Waals surface area contributed by atoms with Crippen LogP contribution in [0, 0.1) is 11.3 Å². The molecule has 1 aromatic rings. The van der Waals surface area contributed by atoms with E-state index in [1.807, 2.05) is 12.1 Å². The van der Waals surface area contributed by atoms with Gasteiger partial charge in [-0.2, -0.15) is 5.26 Å². The minimum Gasteiger partial charge on any atom is -0.465 e. The van der Waals surface area contributed by atoms with Crippen LogP contribution in [0.5, 0.6) is 0 Å². The monoisotopic (exact) mass is 271 g/mol. The van der Waals surface area contributed by atoms with Crippen LogP contribution in [-0.4, -0.2) is 13.1 Å². The first-order valence-corrected chi connectivity index (χ1v) is 5.23. The summed E-state index contributed by atoms with van der Waals surface area (Å²) in [5, 5.41) is 8.67. The first-order chi connectivity index (χ1) is 6.67. The molecule has 0 spiro atoms. The number of carbonyl (C=O) groups excluding carboxylic acids is 1. The summed E-state index contributed by atoms with van der Waals surface area (Å²) in [6.07, 6.45) is 1.50. The molecular formula is C9H6BrNO2S. The number of thiophene rings is 1. The number of rotatable bonds is 2. The van der Waals surface area contributed by atoms with Gasteiger partial charge in [-0.15, -0.1) is 11.3 Å². The van der Waals surface area contributed by atoms with E-state index in [1.54, 1.807) is 6.07 Å². The molecule has 0 aliphatic rings. The molecule has 0 saturated carbocycles. The number of nitrogens with zero attached hydrogens (tertiary/aromatic N) is 1. The van der Waals surface area contributed by atoms with Crippen molar-refractivity contribution in [2.45, 2.75) is 0 Å². The number of nitriles is 1. The van der Waals surface area contributed by atoms with Crippen LogP contribution in [0.25, 0.3) is 6.08 Å². The molecule has 1 rings (SSSR count). The quantitative estimate of drug-likeness (QED) is 0.472. The standard InChI is InChI=1S/C9H6BrNO2S/c1-13-9(12)6(5-11)4-7-2-3-8(10)14-7/h2-4H,1H3/b6-4+. The van der Waals surface area contributed by atoms with Crippen molar-refractivity contribution in [2.24, 2.45) is 0 Å². The number of hydrogen-bond donors (Lipinski definition) is 0. The SMILES string of the molecule is COC(=O)/C(C#N)=C/c1ccc(Br)s1. The number of methoxy groups -OCH3 is 1. The Hall–Kier alpha value is -1.12. The van der Waals surface area contributed by atoms with Crippen molar-refractivity contribution in [2.75, 3.05) is 7.11 Å². The second kappa shape index (κ2) is 4.94. The van der Waals surface area contributed by atoms with Gasteiger partial charge in [0.2, 0.25) is 0 Å². The fourth-order valence-electron chi connectivity index (χ4n) is 0.795. The topological polar surface area (TPSA) is 50.1 Å². The molecule has 0 aromatic carbocycles. The van der Waals surface area contributed by atoms with Gasteiger partial charge in [0.1, 0.15) is 11.6 Å². The lowest BCUT2D eigenvalue weighted by Crippen LogP contribution is -2.02. The van der Waals surface area contributed by atoms with Crippen LogP contribution in [0.2, 0.25) is 0 Å². The zero-order valence-electron chi connectivity index (χ0n) is 7.28. The Balaban J connectivity index is 2.96. The van der Waals surface area contributed by atoms with Gasteiger partial charge in [0, 0.05) is 4.88 Å². The summed E-state index contributed by atoms with van der Waals surface area (Å²) in [5.74, 6) is -0.614. The summed E-state index contributed by atoms with van der Waals surface area (Å²) in [4.78, 5) is 11.9. The summed E-state index contributed by atoms with van der Waals surface area (Å²) in [6.45, 7) is 0. The Morgan fingerprint density at radius 2 is 2.43 bits per heavy atom. The average Bonchev–Trinajstić information content (AvgIpc) is 2.59. The van der Waals surface area contributed by atoms with Crippen molar-refractivity contribution in [1.29, 1.82) is 5.26 Å². The Labute approximate surface area is 93.7 Å². The van der Waals surface area contributed by atoms with Gasteiger partial charge >= 0.3 is 5.97 Å². The van der Waals surface area contributed by atoms with Gasteiger partial charge in [-0.3, -0.25) is 0 Å². The number of carbonyl (C=O) groups is 1. The molecule has 0 aliphatic heterocycles. The Kier molecular flexibility index (Phi) is 3.86. The first-order valence-electron chi connectivity index (χ1n) is 3.63. The fourth-order valence-corrected chi connectivity index (χ4v) is 2.16. The van der Waals surface area contributed by atoms with E-state index in [9.17, 15) is 4.79 Å². The highest BCUT2D eigenvalue weighted by Crippen LogP contribution is 2.24. The molecule has 3 nitrogen and oxygen atoms in total. The third kappa shape index (κ3) is 2.69. The maximum Gasteiger partial charge on any atom is 0.348 e. The van der Waals surface area contributed by atoms with Gasteiger partial charge in [0.25, 0.3) is 0 Å². The summed E-state index contributed by atoms with van der Waals surface area (Å²) in [6, 6.07) is 5.45. The Morgan fingerprint density at radius 3 is 2.86 bits per heavy atom. The highest BCUT2D eigenvalue weighted by molar-refractivity contribution is 9.11. The van der Waals surface area contributed by atoms with Crippen molar-refractivity contribution < 1.29 is 9.53 Å². The van der Waals surface area contributed by atoms with Crippen molar-refractivity contribution in [3.63, 3.8) is 0 Å². The third-order valence-electron chi connectivity index (χ3n) is 1.41. The van der Waals surface area contributed by atoms with E-state index in [2.05, 4.69) is 20.7 Å². The maximum atomic E-state index is 11.0. The molecule has 0 aliphatic carbocycles. The lowest BCUT2D eigenvalue weighted by atomic mass is 10.2. The van der Waals surface area contributed by atoms with E-state index < -0.39 is 5.97 Å². The molecule has 0 radical (unpaired) electrons. The molecule has 1 heterocycles. The second-order valence-electron chi connectivity index (χ2n) is 2.30. The highest BCUT2D eigenvalue weighted by Gasteiger charge is 2.08. The summed E-state index contributed by atoms with van der Waals surface area (Å²) in [5.41, 5.74) is 0.00171. The zero-order valence-corrected chi connectivity index (χ0v) is 9.68. The smallest absolute Gasteiger partial charge is 0.348 e. The molecular weight excluding hydrogens is 266 g/mol. The molecule has 1 aromatic heterocycles. The molecule has 0 bridgehead atoms. The second-order valence-corrected chi connectivity index (χ2v) is 4.80. The number of halogens is 1. The predicted octanol–water partition coefficient (Wildman–Crippen LogP) is 2.59. The zero-order chi connectivity index (χ0) is 10.6. The van der Waals surface area contributed by atoms with Gasteiger partial charge in [-0.1, -0.05) is 0 Å². The van der Waals surface area contributed by atoms with E-state index >= 15 is 0 Å². The lowest BCUT2D eigenvalue weighted by molar-refractivity contribution is -0.135. The largest absolute Gasteiger partial charge is 0.465 e. The maximum absolute atomic E-state index is 11.0. The minimum atomic E-state index is -0.614. The molecule has 0 N–H and O–H groups in total. The van der Waals surface area contributed by atoms with Gasteiger partial charge < -0.3 is 4.74 Å². The van der Waals surface area contributed by atoms with Crippen molar-refractivity contribution in [1.82, 2.24) is 0 Å². The van der Waals surface area contributed by atoms with Crippen LogP contribution < -0.4 is 0 Å². The van der Waals surface area contributed by atoms with E-state index in [-0.39, 0.29) is 5.57 Å². The van der Waals surface area contributed by atoms with Crippen LogP contribution in [0.1, 0.15) is 4.88 Å². The normalized spacial score (nSPS) is 10.8. The van der Waals surface area contributed by atoms with E-state index in [1.165, 1.54) is 24.5 Å². The van der Waals surface area contributed by atoms with Crippen molar-refractivity contribution in [3.05, 3.63) is 26.4 Å². The molecule has 0 amide bonds. The highest BCUT2D eigenvalue weighted by atomic mass is 79.9. The van der Waals surface area contributed by atoms with Gasteiger partial charge in [0.05, 0.1) is 10.9 Å². The number of hydrogen-bond acceptors (Lipinski definition) is 4. The van der Waals surface area contributed by atoms with Gasteiger partial charge in [-0.25, -0.2) is 4.79 Å². The third-order valence-corrected chi connectivity index (χ3v) is 2.98. The summed E-state index contributed by atoms with van der Waals surface area (Å²) >= 11 is 4.73. The van der Waals surface area contributed by atoms with Crippen LogP contribution >= 0.6 is 27.3 Å². The predicted molar refractivity (Wildman–Crippen MR) is 57.6 cm³/mol. The molecule has 72 valence electrons. The molecule has 0 saturated heterocycles. The van der Waals surface area contributed by atoms with Crippen molar-refractivity contribution in [3.8, 4) is 6.07 Å². The van der Waals surface area contributed by atoms with Crippen LogP contribution in [0.4, 0.5) is 0 Å². The summed E-state index contributed by atoms with van der Waals surface area (Å²) in [7, 11) is 1.25. The molecule has 0 atom stereocenters. The fraction of sp³-hybridized carbons (Fsp3) is 0.111. The van der Waals surface area contributed by atoms with Crippen LogP contribution in [-0.2, 0) is 9.53 Å². The average molecular weight is 272 g/mol. The van der Waals surface area contributed by atoms with Crippen molar-refractivity contribution >= 4 is 39.3 Å². The van der Waals surface area contributed by atoms with Gasteiger partial charge in [-0.05, 0) is 34.1 Å². The minimum absolute atomic E-state index is 0.00171. The van der Waals surface area contributed by atoms with E-state index in [0.29, 0.717) is 0 Å². The lowest BCUT2D eigenvalue weighted by Gasteiger charge is -1.93. The molecule has 5 heteroatoms. The van der Waals surface area contributed by atoms with E-state index in [0.717, 1.165) is 8.66 Å². The van der Waals surface area contributed by atoms with E-state index in [4.69, 9.17) is 5.26 Å². The molecule has 0 unspecified atom stereocenters. The molecule has 0 fully saturated rings. The summed E-state index contributed by atoms with van der Waals surface area (Å²) < 4.78 is 5.40. The van der Waals surface area contributed by atoms with Crippen LogP contribution in [0.15, 0.2) is 21.5 Å². The Morgan fingerprint density at radius 1 is 1.71 bits per heavy atom. The van der Waals surface area contributed by atoms with Crippen LogP contribution in [0.3, 0.4) is 0 Å². The Bertz CT molecular complexity index is 417. The molecule has 14 heavy (non-hydrogen) atoms. The number of esters is 1.